The Labute approximate surface area is 276 Å². The first kappa shape index (κ1) is 31.4. The number of imide groups is 1. The summed E-state index contributed by atoms with van der Waals surface area (Å²) in [7, 11) is -1.06. The molecular formula is C38H41BN2O6. The number of aromatic hydroxyl groups is 1. The second-order valence-electron chi connectivity index (χ2n) is 13.2. The average Bonchev–Trinajstić information content (AvgIpc) is 3.36. The van der Waals surface area contributed by atoms with Gasteiger partial charge in [0, 0.05) is 17.8 Å². The lowest BCUT2D eigenvalue weighted by Crippen LogP contribution is -2.47. The number of fused-ring (bicyclic) bond motifs is 3. The van der Waals surface area contributed by atoms with E-state index in [1.807, 2.05) is 66.7 Å². The van der Waals surface area contributed by atoms with Crippen molar-refractivity contribution < 1.29 is 29.1 Å². The number of phenolic OH excluding ortho intramolecular Hbond substituents is 1. The molecule has 0 bridgehead atoms. The third kappa shape index (κ3) is 6.51. The molecule has 1 saturated carbocycles. The van der Waals surface area contributed by atoms with Crippen molar-refractivity contribution in [2.45, 2.75) is 69.8 Å². The van der Waals surface area contributed by atoms with Crippen molar-refractivity contribution >= 4 is 30.6 Å². The van der Waals surface area contributed by atoms with Crippen molar-refractivity contribution in [2.24, 2.45) is 17.8 Å². The van der Waals surface area contributed by atoms with E-state index in [1.54, 1.807) is 23.2 Å². The number of hydrogen-bond acceptors (Lipinski definition) is 7. The first-order valence-electron chi connectivity index (χ1n) is 17.0. The van der Waals surface area contributed by atoms with Gasteiger partial charge in [-0.2, -0.15) is 0 Å². The lowest BCUT2D eigenvalue weighted by Gasteiger charge is -2.43. The molecule has 3 heterocycles. The zero-order valence-corrected chi connectivity index (χ0v) is 26.5. The predicted molar refractivity (Wildman–Crippen MR) is 180 cm³/mol. The smallest absolute Gasteiger partial charge is 0.455 e. The Morgan fingerprint density at radius 2 is 1.72 bits per heavy atom. The van der Waals surface area contributed by atoms with E-state index in [9.17, 15) is 19.7 Å². The highest BCUT2D eigenvalue weighted by Gasteiger charge is 2.58. The van der Waals surface area contributed by atoms with E-state index in [0.717, 1.165) is 60.3 Å². The number of rotatable bonds is 9. The molecule has 0 spiro atoms. The molecule has 2 aliphatic heterocycles. The van der Waals surface area contributed by atoms with Crippen molar-refractivity contribution in [1.29, 1.82) is 0 Å². The molecule has 9 heteroatoms. The molecule has 242 valence electrons. The van der Waals surface area contributed by atoms with E-state index < -0.39 is 25.1 Å². The Morgan fingerprint density at radius 1 is 0.957 bits per heavy atom. The predicted octanol–water partition coefficient (Wildman–Crippen LogP) is 6.32. The SMILES string of the molecule is O=C1[C@@H]2[C@@H](CC(COc3ccccc3)=C3[C@@H](CC/C(=C/c4ccccc4O)c4ccccn4)OB(O)C[C@@H]32)C(=O)N1C1CCCCC1. The largest absolute Gasteiger partial charge is 0.507 e. The van der Waals surface area contributed by atoms with Gasteiger partial charge in [0.2, 0.25) is 11.8 Å². The van der Waals surface area contributed by atoms with Crippen molar-refractivity contribution in [1.82, 2.24) is 9.88 Å². The van der Waals surface area contributed by atoms with Gasteiger partial charge in [-0.05, 0) is 97.5 Å². The minimum atomic E-state index is -1.06. The maximum absolute atomic E-state index is 14.2. The lowest BCUT2D eigenvalue weighted by molar-refractivity contribution is -0.143. The summed E-state index contributed by atoms with van der Waals surface area (Å²) in [5, 5.41) is 21.6. The molecule has 2 aliphatic carbocycles. The van der Waals surface area contributed by atoms with E-state index in [2.05, 4.69) is 4.98 Å². The second-order valence-corrected chi connectivity index (χ2v) is 13.2. The molecule has 2 saturated heterocycles. The van der Waals surface area contributed by atoms with Gasteiger partial charge in [-0.25, -0.2) is 0 Å². The number of phenols is 1. The maximum atomic E-state index is 14.2. The fraction of sp³-hybridized carbons (Fsp3) is 0.395. The highest BCUT2D eigenvalue weighted by molar-refractivity contribution is 6.43. The van der Waals surface area contributed by atoms with Crippen LogP contribution in [-0.4, -0.2) is 57.7 Å². The number of aromatic nitrogens is 1. The second kappa shape index (κ2) is 13.9. The van der Waals surface area contributed by atoms with Crippen LogP contribution in [0.15, 0.2) is 90.1 Å². The van der Waals surface area contributed by atoms with Crippen molar-refractivity contribution in [2.75, 3.05) is 6.61 Å². The Bertz CT molecular complexity index is 1650. The van der Waals surface area contributed by atoms with Crippen LogP contribution < -0.4 is 4.74 Å². The van der Waals surface area contributed by atoms with Crippen LogP contribution in [0.1, 0.15) is 62.6 Å². The summed E-state index contributed by atoms with van der Waals surface area (Å²) in [6.45, 7) is 0.279. The molecule has 2 aromatic carbocycles. The molecule has 1 aromatic heterocycles. The van der Waals surface area contributed by atoms with Gasteiger partial charge in [0.05, 0.1) is 23.6 Å². The van der Waals surface area contributed by atoms with Gasteiger partial charge >= 0.3 is 7.12 Å². The van der Waals surface area contributed by atoms with E-state index in [1.165, 1.54) is 0 Å². The number of ether oxygens (including phenoxy) is 1. The van der Waals surface area contributed by atoms with Crippen LogP contribution >= 0.6 is 0 Å². The lowest BCUT2D eigenvalue weighted by atomic mass is 9.58. The molecule has 8 nitrogen and oxygen atoms in total. The standard InChI is InChI=1S/C38H41BN2O6/c42-33-17-8-7-11-26(33)21-25(32-16-9-10-20-40-32)18-19-34-35-27(24-46-29-14-5-2-6-15-29)22-30-36(31(35)23-39(45)47-34)38(44)41(37(30)43)28-12-3-1-4-13-28/h2,5-11,14-17,20-21,28,30-31,34,36,42,45H,1,3-4,12-13,18-19,22-24H2/b25-21-/t30-,31+,34-,36-/m1/s1. The van der Waals surface area contributed by atoms with Crippen LogP contribution in [0.5, 0.6) is 11.5 Å². The normalized spacial score (nSPS) is 25.2. The molecule has 7 rings (SSSR count). The number of nitrogens with zero attached hydrogens (tertiary/aromatic N) is 2. The van der Waals surface area contributed by atoms with E-state index in [0.29, 0.717) is 24.8 Å². The first-order chi connectivity index (χ1) is 23.0. The highest BCUT2D eigenvalue weighted by atomic mass is 16.5. The number of carbonyl (C=O) groups is 2. The van der Waals surface area contributed by atoms with E-state index in [4.69, 9.17) is 9.39 Å². The number of pyridine rings is 1. The summed E-state index contributed by atoms with van der Waals surface area (Å²) in [6, 6.07) is 22.5. The minimum Gasteiger partial charge on any atom is -0.507 e. The quantitative estimate of drug-likeness (QED) is 0.162. The van der Waals surface area contributed by atoms with Crippen LogP contribution in [0.4, 0.5) is 0 Å². The molecule has 47 heavy (non-hydrogen) atoms. The summed E-state index contributed by atoms with van der Waals surface area (Å²) in [5.41, 5.74) is 4.35. The Balaban J connectivity index is 1.23. The number of carbonyl (C=O) groups excluding carboxylic acids is 2. The average molecular weight is 633 g/mol. The maximum Gasteiger partial charge on any atom is 0.455 e. The van der Waals surface area contributed by atoms with Gasteiger partial charge in [0.1, 0.15) is 18.1 Å². The van der Waals surface area contributed by atoms with Crippen molar-refractivity contribution in [3.8, 4) is 11.5 Å². The first-order valence-corrected chi connectivity index (χ1v) is 17.0. The van der Waals surface area contributed by atoms with Crippen molar-refractivity contribution in [3.63, 3.8) is 0 Å². The monoisotopic (exact) mass is 632 g/mol. The van der Waals surface area contributed by atoms with E-state index >= 15 is 0 Å². The molecule has 0 unspecified atom stereocenters. The summed E-state index contributed by atoms with van der Waals surface area (Å²) in [4.78, 5) is 34.4. The van der Waals surface area contributed by atoms with Crippen LogP contribution in [0.25, 0.3) is 11.6 Å². The number of para-hydroxylation sites is 2. The zero-order chi connectivity index (χ0) is 32.3. The van der Waals surface area contributed by atoms with Gasteiger partial charge in [-0.15, -0.1) is 0 Å². The summed E-state index contributed by atoms with van der Waals surface area (Å²) in [5.74, 6) is -0.520. The minimum absolute atomic E-state index is 0.0390. The Kier molecular flexibility index (Phi) is 9.27. The fourth-order valence-corrected chi connectivity index (χ4v) is 8.22. The highest BCUT2D eigenvalue weighted by Crippen LogP contribution is 2.51. The number of hydrogen-bond donors (Lipinski definition) is 2. The fourth-order valence-electron chi connectivity index (χ4n) is 8.22. The molecule has 3 aromatic rings. The molecule has 3 fully saturated rings. The van der Waals surface area contributed by atoms with Gasteiger partial charge < -0.3 is 19.5 Å². The van der Waals surface area contributed by atoms with Crippen LogP contribution in [0.2, 0.25) is 6.32 Å². The number of allylic oxidation sites excluding steroid dienone is 1. The van der Waals surface area contributed by atoms with Gasteiger partial charge in [0.15, 0.2) is 0 Å². The molecule has 2 amide bonds. The van der Waals surface area contributed by atoms with Crippen LogP contribution in [0.3, 0.4) is 0 Å². The van der Waals surface area contributed by atoms with Crippen LogP contribution in [-0.2, 0) is 14.2 Å². The van der Waals surface area contributed by atoms with Gasteiger partial charge in [-0.3, -0.25) is 19.5 Å². The summed E-state index contributed by atoms with van der Waals surface area (Å²) >= 11 is 0. The number of amides is 2. The van der Waals surface area contributed by atoms with Crippen molar-refractivity contribution in [3.05, 3.63) is 101 Å². The third-order valence-corrected chi connectivity index (χ3v) is 10.4. The third-order valence-electron chi connectivity index (χ3n) is 10.4. The summed E-state index contributed by atoms with van der Waals surface area (Å²) in [6.07, 6.45) is 9.88. The van der Waals surface area contributed by atoms with Gasteiger partial charge in [-0.1, -0.05) is 61.7 Å². The molecule has 2 N–H and O–H groups in total. The Morgan fingerprint density at radius 3 is 2.49 bits per heavy atom. The van der Waals surface area contributed by atoms with Gasteiger partial charge in [0.25, 0.3) is 0 Å². The molecule has 4 atom stereocenters. The van der Waals surface area contributed by atoms with Crippen LogP contribution in [0, 0.1) is 17.8 Å². The molecule has 0 radical (unpaired) electrons. The molecular weight excluding hydrogens is 591 g/mol. The number of likely N-dealkylation sites (tertiary alicyclic amines) is 1. The number of benzene rings is 2. The summed E-state index contributed by atoms with van der Waals surface area (Å²) < 4.78 is 12.6. The Hall–Kier alpha value is -4.21. The van der Waals surface area contributed by atoms with E-state index in [-0.39, 0.29) is 42.5 Å². The topological polar surface area (TPSA) is 109 Å². The molecule has 4 aliphatic rings. The zero-order valence-electron chi connectivity index (χ0n) is 26.5.